The maximum absolute atomic E-state index is 5.96. The molecule has 0 saturated heterocycles. The minimum Gasteiger partial charge on any atom is -0.305 e. The van der Waals surface area contributed by atoms with Gasteiger partial charge >= 0.3 is 0 Å². The summed E-state index contributed by atoms with van der Waals surface area (Å²) in [6.45, 7) is 2.11. The number of hydrogen-bond acceptors (Lipinski definition) is 5. The fraction of sp³-hybridized carbons (Fsp3) is 0.150. The highest BCUT2D eigenvalue weighted by Gasteiger charge is 2.13. The average Bonchev–Trinajstić information content (AvgIpc) is 3.28. The molecule has 27 heavy (non-hydrogen) atoms. The molecule has 4 aromatic rings. The molecule has 0 saturated carbocycles. The van der Waals surface area contributed by atoms with Crippen LogP contribution in [-0.2, 0) is 12.8 Å². The Morgan fingerprint density at radius 3 is 2.63 bits per heavy atom. The molecule has 0 amide bonds. The predicted molar refractivity (Wildman–Crippen MR) is 113 cm³/mol. The highest BCUT2D eigenvalue weighted by atomic mass is 35.5. The Labute approximate surface area is 171 Å². The normalized spacial score (nSPS) is 11.1. The first-order chi connectivity index (χ1) is 13.1. The first-order valence-corrected chi connectivity index (χ1v) is 10.6. The van der Waals surface area contributed by atoms with E-state index in [0.717, 1.165) is 33.0 Å². The van der Waals surface area contributed by atoms with Crippen molar-refractivity contribution in [3.63, 3.8) is 0 Å². The molecular weight excluding hydrogens is 396 g/mol. The van der Waals surface area contributed by atoms with Crippen LogP contribution < -0.4 is 0 Å². The van der Waals surface area contributed by atoms with E-state index < -0.39 is 0 Å². The lowest BCUT2D eigenvalue weighted by molar-refractivity contribution is 0.793. The maximum Gasteiger partial charge on any atom is 0.191 e. The molecule has 4 rings (SSSR count). The third kappa shape index (κ3) is 3.93. The zero-order valence-electron chi connectivity index (χ0n) is 14.9. The van der Waals surface area contributed by atoms with Gasteiger partial charge in [0.05, 0.1) is 5.69 Å². The smallest absolute Gasteiger partial charge is 0.191 e. The van der Waals surface area contributed by atoms with Crippen molar-refractivity contribution in [1.29, 1.82) is 0 Å². The molecule has 0 spiro atoms. The van der Waals surface area contributed by atoms with Crippen molar-refractivity contribution >= 4 is 34.7 Å². The Bertz CT molecular complexity index is 1070. The van der Waals surface area contributed by atoms with E-state index in [1.165, 1.54) is 11.1 Å². The Morgan fingerprint density at radius 1 is 1.07 bits per heavy atom. The largest absolute Gasteiger partial charge is 0.305 e. The van der Waals surface area contributed by atoms with Crippen molar-refractivity contribution in [1.82, 2.24) is 19.7 Å². The Balaban J connectivity index is 1.48. The number of nitrogens with zero attached hydrogens (tertiary/aromatic N) is 4. The lowest BCUT2D eigenvalue weighted by Crippen LogP contribution is -1.95. The number of rotatable bonds is 5. The lowest BCUT2D eigenvalue weighted by atomic mass is 10.1. The standard InChI is InChI=1S/C20H17ClN4S2/c1-13-5-3-4-6-17(13)19-22-16(11-26-19)12-27-20-24-23-18(25(20)2)14-7-9-15(21)10-8-14/h3-11H,12H2,1-2H3. The summed E-state index contributed by atoms with van der Waals surface area (Å²) in [7, 11) is 1.98. The number of hydrogen-bond donors (Lipinski definition) is 0. The second-order valence-electron chi connectivity index (χ2n) is 6.12. The first kappa shape index (κ1) is 18.2. The maximum atomic E-state index is 5.96. The van der Waals surface area contributed by atoms with Gasteiger partial charge in [-0.3, -0.25) is 0 Å². The van der Waals surface area contributed by atoms with Gasteiger partial charge < -0.3 is 4.57 Å². The van der Waals surface area contributed by atoms with Crippen molar-refractivity contribution in [2.45, 2.75) is 17.8 Å². The molecule has 0 unspecified atom stereocenters. The van der Waals surface area contributed by atoms with Crippen LogP contribution in [-0.4, -0.2) is 19.7 Å². The van der Waals surface area contributed by atoms with Gasteiger partial charge in [0.1, 0.15) is 5.01 Å². The van der Waals surface area contributed by atoms with Gasteiger partial charge in [-0.2, -0.15) is 0 Å². The van der Waals surface area contributed by atoms with E-state index in [2.05, 4.69) is 46.8 Å². The van der Waals surface area contributed by atoms with Gasteiger partial charge in [-0.1, -0.05) is 47.6 Å². The molecule has 0 aliphatic rings. The zero-order valence-corrected chi connectivity index (χ0v) is 17.3. The van der Waals surface area contributed by atoms with Crippen molar-refractivity contribution in [3.8, 4) is 22.0 Å². The number of thioether (sulfide) groups is 1. The van der Waals surface area contributed by atoms with Crippen LogP contribution in [0.5, 0.6) is 0 Å². The number of thiazole rings is 1. The van der Waals surface area contributed by atoms with Crippen LogP contribution in [0.3, 0.4) is 0 Å². The fourth-order valence-electron chi connectivity index (χ4n) is 2.74. The van der Waals surface area contributed by atoms with E-state index in [0.29, 0.717) is 5.02 Å². The molecule has 136 valence electrons. The van der Waals surface area contributed by atoms with E-state index in [9.17, 15) is 0 Å². The minimum absolute atomic E-state index is 0.712. The monoisotopic (exact) mass is 412 g/mol. The van der Waals surface area contributed by atoms with Crippen LogP contribution in [0.15, 0.2) is 59.1 Å². The molecule has 2 aromatic carbocycles. The van der Waals surface area contributed by atoms with Crippen LogP contribution in [0.25, 0.3) is 22.0 Å². The number of aryl methyl sites for hydroxylation is 1. The summed E-state index contributed by atoms with van der Waals surface area (Å²) in [5.41, 5.74) is 4.49. The van der Waals surface area contributed by atoms with Gasteiger partial charge in [0, 0.05) is 34.3 Å². The summed E-state index contributed by atoms with van der Waals surface area (Å²) in [4.78, 5) is 4.79. The molecule has 0 fully saturated rings. The molecule has 7 heteroatoms. The second kappa shape index (κ2) is 7.84. The molecule has 4 nitrogen and oxygen atoms in total. The Kier molecular flexibility index (Phi) is 5.29. The third-order valence-corrected chi connectivity index (χ3v) is 6.44. The van der Waals surface area contributed by atoms with E-state index >= 15 is 0 Å². The highest BCUT2D eigenvalue weighted by Crippen LogP contribution is 2.30. The van der Waals surface area contributed by atoms with Gasteiger partial charge in [0.15, 0.2) is 11.0 Å². The van der Waals surface area contributed by atoms with Crippen LogP contribution in [0.1, 0.15) is 11.3 Å². The molecule has 0 atom stereocenters. The van der Waals surface area contributed by atoms with Gasteiger partial charge in [-0.25, -0.2) is 4.98 Å². The van der Waals surface area contributed by atoms with Crippen LogP contribution >= 0.6 is 34.7 Å². The van der Waals surface area contributed by atoms with E-state index in [-0.39, 0.29) is 0 Å². The van der Waals surface area contributed by atoms with Crippen LogP contribution in [0.4, 0.5) is 0 Å². The lowest BCUT2D eigenvalue weighted by Gasteiger charge is -2.03. The number of benzene rings is 2. The Morgan fingerprint density at radius 2 is 1.85 bits per heavy atom. The topological polar surface area (TPSA) is 43.6 Å². The van der Waals surface area contributed by atoms with Crippen molar-refractivity contribution in [2.24, 2.45) is 7.05 Å². The zero-order chi connectivity index (χ0) is 18.8. The van der Waals surface area contributed by atoms with Gasteiger partial charge in [0.25, 0.3) is 0 Å². The van der Waals surface area contributed by atoms with Crippen LogP contribution in [0, 0.1) is 6.92 Å². The molecule has 2 aromatic heterocycles. The summed E-state index contributed by atoms with van der Waals surface area (Å²) in [6.07, 6.45) is 0. The van der Waals surface area contributed by atoms with Gasteiger partial charge in [-0.05, 0) is 36.8 Å². The fourth-order valence-corrected chi connectivity index (χ4v) is 4.68. The van der Waals surface area contributed by atoms with Gasteiger partial charge in [-0.15, -0.1) is 21.5 Å². The van der Waals surface area contributed by atoms with Crippen molar-refractivity contribution in [3.05, 3.63) is 70.2 Å². The van der Waals surface area contributed by atoms with E-state index in [4.69, 9.17) is 16.6 Å². The summed E-state index contributed by atoms with van der Waals surface area (Å²) < 4.78 is 2.00. The third-order valence-electron chi connectivity index (χ3n) is 4.21. The number of aromatic nitrogens is 4. The van der Waals surface area contributed by atoms with Crippen LogP contribution in [0.2, 0.25) is 5.02 Å². The molecule has 0 N–H and O–H groups in total. The molecule has 0 aliphatic heterocycles. The highest BCUT2D eigenvalue weighted by molar-refractivity contribution is 7.98. The first-order valence-electron chi connectivity index (χ1n) is 8.40. The average molecular weight is 413 g/mol. The summed E-state index contributed by atoms with van der Waals surface area (Å²) in [5.74, 6) is 1.59. The summed E-state index contributed by atoms with van der Waals surface area (Å²) in [6, 6.07) is 16.0. The molecule has 0 aliphatic carbocycles. The predicted octanol–water partition coefficient (Wildman–Crippen LogP) is 5.86. The minimum atomic E-state index is 0.712. The van der Waals surface area contributed by atoms with Crippen molar-refractivity contribution in [2.75, 3.05) is 0 Å². The quantitative estimate of drug-likeness (QED) is 0.385. The molecule has 0 bridgehead atoms. The Hall–Kier alpha value is -2.15. The molecule has 2 heterocycles. The molecule has 0 radical (unpaired) electrons. The van der Waals surface area contributed by atoms with Crippen molar-refractivity contribution < 1.29 is 0 Å². The number of halogens is 1. The van der Waals surface area contributed by atoms with E-state index in [1.54, 1.807) is 23.1 Å². The summed E-state index contributed by atoms with van der Waals surface area (Å²) >= 11 is 9.28. The SMILES string of the molecule is Cc1ccccc1-c1nc(CSc2nnc(-c3ccc(Cl)cc3)n2C)cs1. The summed E-state index contributed by atoms with van der Waals surface area (Å²) in [5, 5.41) is 13.4. The molecular formula is C20H17ClN4S2. The van der Waals surface area contributed by atoms with E-state index in [1.807, 2.05) is 35.9 Å². The van der Waals surface area contributed by atoms with Gasteiger partial charge in [0.2, 0.25) is 0 Å². The second-order valence-corrected chi connectivity index (χ2v) is 8.36.